The predicted molar refractivity (Wildman–Crippen MR) is 137 cm³/mol. The topological polar surface area (TPSA) is 85.6 Å². The Labute approximate surface area is 215 Å². The maximum absolute atomic E-state index is 13.2. The van der Waals surface area contributed by atoms with Gasteiger partial charge in [0.15, 0.2) is 10.9 Å². The zero-order valence-electron chi connectivity index (χ0n) is 18.4. The molecule has 11 heteroatoms. The predicted octanol–water partition coefficient (Wildman–Crippen LogP) is 6.49. The van der Waals surface area contributed by atoms with Gasteiger partial charge in [0.2, 0.25) is 0 Å². The maximum Gasteiger partial charge on any atom is 0.278 e. The molecule has 7 nitrogen and oxygen atoms in total. The SMILES string of the molecule is Cc1cc(C)nc(SCc2c(C(=O)Nc3ccc(C)c(Cl)c3)nnn2-c2cc(Cl)cc(Cl)c2)n1. The van der Waals surface area contributed by atoms with Crippen molar-refractivity contribution in [1.29, 1.82) is 0 Å². The smallest absolute Gasteiger partial charge is 0.278 e. The van der Waals surface area contributed by atoms with Crippen LogP contribution < -0.4 is 5.32 Å². The van der Waals surface area contributed by atoms with Gasteiger partial charge in [-0.3, -0.25) is 4.79 Å². The van der Waals surface area contributed by atoms with Crippen molar-refractivity contribution in [3.63, 3.8) is 0 Å². The molecule has 4 rings (SSSR count). The van der Waals surface area contributed by atoms with E-state index < -0.39 is 5.91 Å². The summed E-state index contributed by atoms with van der Waals surface area (Å²) < 4.78 is 1.55. The minimum Gasteiger partial charge on any atom is -0.320 e. The number of benzene rings is 2. The van der Waals surface area contributed by atoms with Gasteiger partial charge in [-0.15, -0.1) is 5.10 Å². The van der Waals surface area contributed by atoms with Gasteiger partial charge in [0.1, 0.15) is 0 Å². The van der Waals surface area contributed by atoms with Crippen molar-refractivity contribution < 1.29 is 4.79 Å². The van der Waals surface area contributed by atoms with E-state index in [1.165, 1.54) is 11.8 Å². The summed E-state index contributed by atoms with van der Waals surface area (Å²) in [4.78, 5) is 22.1. The van der Waals surface area contributed by atoms with Crippen molar-refractivity contribution in [1.82, 2.24) is 25.0 Å². The number of hydrogen-bond acceptors (Lipinski definition) is 6. The third-order valence-corrected chi connectivity index (χ3v) is 6.50. The van der Waals surface area contributed by atoms with E-state index >= 15 is 0 Å². The van der Waals surface area contributed by atoms with E-state index in [0.29, 0.717) is 43.0 Å². The second-order valence-corrected chi connectivity index (χ2v) is 9.79. The summed E-state index contributed by atoms with van der Waals surface area (Å²) in [6, 6.07) is 12.2. The second-order valence-electron chi connectivity index (χ2n) is 7.56. The molecule has 2 aromatic heterocycles. The number of amides is 1. The van der Waals surface area contributed by atoms with Crippen LogP contribution in [0.4, 0.5) is 5.69 Å². The first-order valence-electron chi connectivity index (χ1n) is 10.1. The molecule has 0 radical (unpaired) electrons. The molecule has 0 aliphatic heterocycles. The van der Waals surface area contributed by atoms with Crippen LogP contribution in [0.1, 0.15) is 33.1 Å². The molecule has 0 unspecified atom stereocenters. The molecule has 0 spiro atoms. The molecule has 0 saturated carbocycles. The van der Waals surface area contributed by atoms with Gasteiger partial charge in [-0.05, 0) is 62.7 Å². The molecule has 174 valence electrons. The Hall–Kier alpha value is -2.65. The number of aromatic nitrogens is 5. The highest BCUT2D eigenvalue weighted by atomic mass is 35.5. The van der Waals surface area contributed by atoms with Crippen molar-refractivity contribution in [2.75, 3.05) is 5.32 Å². The fourth-order valence-electron chi connectivity index (χ4n) is 3.23. The lowest BCUT2D eigenvalue weighted by Crippen LogP contribution is -2.15. The first-order valence-corrected chi connectivity index (χ1v) is 12.2. The molecule has 0 atom stereocenters. The summed E-state index contributed by atoms with van der Waals surface area (Å²) in [7, 11) is 0. The third-order valence-electron chi connectivity index (χ3n) is 4.80. The summed E-state index contributed by atoms with van der Waals surface area (Å²) >= 11 is 20.0. The summed E-state index contributed by atoms with van der Waals surface area (Å²) in [6.07, 6.45) is 0. The van der Waals surface area contributed by atoms with Crippen LogP contribution in [0.5, 0.6) is 0 Å². The second kappa shape index (κ2) is 10.3. The Kier molecular flexibility index (Phi) is 7.42. The monoisotopic (exact) mass is 532 g/mol. The van der Waals surface area contributed by atoms with Crippen LogP contribution in [-0.2, 0) is 5.75 Å². The Morgan fingerprint density at radius 3 is 2.29 bits per heavy atom. The number of anilines is 1. The lowest BCUT2D eigenvalue weighted by molar-refractivity contribution is 0.102. The van der Waals surface area contributed by atoms with Gasteiger partial charge >= 0.3 is 0 Å². The molecule has 4 aromatic rings. The number of carbonyl (C=O) groups is 1. The van der Waals surface area contributed by atoms with Crippen molar-refractivity contribution >= 4 is 58.2 Å². The van der Waals surface area contributed by atoms with Crippen LogP contribution in [0.3, 0.4) is 0 Å². The molecule has 0 fully saturated rings. The molecule has 2 heterocycles. The normalized spacial score (nSPS) is 11.0. The van der Waals surface area contributed by atoms with Crippen LogP contribution in [0, 0.1) is 20.8 Å². The van der Waals surface area contributed by atoms with Gasteiger partial charge in [0, 0.05) is 37.9 Å². The van der Waals surface area contributed by atoms with Crippen molar-refractivity contribution in [3.05, 3.63) is 85.9 Å². The average molecular weight is 534 g/mol. The van der Waals surface area contributed by atoms with Gasteiger partial charge < -0.3 is 5.32 Å². The number of rotatable bonds is 6. The molecule has 34 heavy (non-hydrogen) atoms. The minimum absolute atomic E-state index is 0.157. The Balaban J connectivity index is 1.71. The molecular weight excluding hydrogens is 515 g/mol. The van der Waals surface area contributed by atoms with E-state index in [1.54, 1.807) is 35.0 Å². The summed E-state index contributed by atoms with van der Waals surface area (Å²) in [5.41, 5.74) is 4.46. The number of carbonyl (C=O) groups excluding carboxylic acids is 1. The van der Waals surface area contributed by atoms with Gasteiger partial charge in [-0.1, -0.05) is 57.8 Å². The van der Waals surface area contributed by atoms with E-state index in [9.17, 15) is 4.79 Å². The number of nitrogens with zero attached hydrogens (tertiary/aromatic N) is 5. The quantitative estimate of drug-likeness (QED) is 0.225. The average Bonchev–Trinajstić information content (AvgIpc) is 3.18. The molecule has 0 saturated heterocycles. The zero-order valence-corrected chi connectivity index (χ0v) is 21.5. The van der Waals surface area contributed by atoms with Crippen LogP contribution in [-0.4, -0.2) is 30.9 Å². The van der Waals surface area contributed by atoms with Crippen molar-refractivity contribution in [2.45, 2.75) is 31.7 Å². The van der Waals surface area contributed by atoms with Crippen molar-refractivity contribution in [2.24, 2.45) is 0 Å². The van der Waals surface area contributed by atoms with E-state index in [2.05, 4.69) is 25.6 Å². The highest BCUT2D eigenvalue weighted by Crippen LogP contribution is 2.27. The number of hydrogen-bond donors (Lipinski definition) is 1. The summed E-state index contributed by atoms with van der Waals surface area (Å²) in [6.45, 7) is 5.70. The fraction of sp³-hybridized carbons (Fsp3) is 0.174. The first kappa shape index (κ1) is 24.5. The number of nitrogens with one attached hydrogen (secondary N) is 1. The van der Waals surface area contributed by atoms with Crippen LogP contribution in [0.25, 0.3) is 5.69 Å². The maximum atomic E-state index is 13.2. The van der Waals surface area contributed by atoms with Crippen LogP contribution in [0.15, 0.2) is 47.6 Å². The highest BCUT2D eigenvalue weighted by Gasteiger charge is 2.22. The summed E-state index contributed by atoms with van der Waals surface area (Å²) in [5.74, 6) is -0.0894. The number of thioether (sulfide) groups is 1. The van der Waals surface area contributed by atoms with E-state index in [0.717, 1.165) is 17.0 Å². The Morgan fingerprint density at radius 2 is 1.65 bits per heavy atom. The number of aryl methyl sites for hydroxylation is 3. The lowest BCUT2D eigenvalue weighted by Gasteiger charge is -2.10. The standard InChI is InChI=1S/C23H19Cl3N6OS/c1-12-4-5-17(10-19(12)26)29-22(33)21-20(11-34-23-27-13(2)6-14(3)28-23)32(31-30-21)18-8-15(24)7-16(25)9-18/h4-10H,11H2,1-3H3,(H,29,33). The van der Waals surface area contributed by atoms with E-state index in [4.69, 9.17) is 34.8 Å². The number of halogens is 3. The molecule has 0 aliphatic carbocycles. The Bertz CT molecular complexity index is 1350. The Morgan fingerprint density at radius 1 is 0.971 bits per heavy atom. The molecule has 1 amide bonds. The van der Waals surface area contributed by atoms with Crippen molar-refractivity contribution in [3.8, 4) is 5.69 Å². The molecule has 0 aliphatic rings. The fourth-order valence-corrected chi connectivity index (χ4v) is 4.87. The third kappa shape index (κ3) is 5.70. The largest absolute Gasteiger partial charge is 0.320 e. The van der Waals surface area contributed by atoms with Gasteiger partial charge in [-0.2, -0.15) is 0 Å². The van der Waals surface area contributed by atoms with Gasteiger partial charge in [0.05, 0.1) is 11.4 Å². The van der Waals surface area contributed by atoms with Gasteiger partial charge in [0.25, 0.3) is 5.91 Å². The van der Waals surface area contributed by atoms with Crippen LogP contribution >= 0.6 is 46.6 Å². The summed E-state index contributed by atoms with van der Waals surface area (Å²) in [5, 5.41) is 13.2. The zero-order chi connectivity index (χ0) is 24.4. The molecular formula is C23H19Cl3N6OS. The minimum atomic E-state index is -0.420. The highest BCUT2D eigenvalue weighted by molar-refractivity contribution is 7.98. The van der Waals surface area contributed by atoms with Crippen LogP contribution in [0.2, 0.25) is 15.1 Å². The molecule has 0 bridgehead atoms. The van der Waals surface area contributed by atoms with Gasteiger partial charge in [-0.25, -0.2) is 14.6 Å². The first-order chi connectivity index (χ1) is 16.2. The molecule has 1 N–H and O–H groups in total. The lowest BCUT2D eigenvalue weighted by atomic mass is 10.2. The van der Waals surface area contributed by atoms with E-state index in [-0.39, 0.29) is 5.69 Å². The van der Waals surface area contributed by atoms with E-state index in [1.807, 2.05) is 32.9 Å². The molecule has 2 aromatic carbocycles.